The molecule has 0 bridgehead atoms. The summed E-state index contributed by atoms with van der Waals surface area (Å²) >= 11 is 16.5. The van der Waals surface area contributed by atoms with E-state index in [0.717, 1.165) is 83.6 Å². The van der Waals surface area contributed by atoms with Crippen LogP contribution in [-0.2, 0) is 20.8 Å². The molecular weight excluding hydrogens is 669 g/mol. The number of aliphatic hydroxyl groups is 1. The summed E-state index contributed by atoms with van der Waals surface area (Å²) in [6.07, 6.45) is 3.44. The smallest absolute Gasteiger partial charge is 0.190 e. The minimum atomic E-state index is -0.636. The van der Waals surface area contributed by atoms with Gasteiger partial charge in [0.2, 0.25) is 0 Å². The van der Waals surface area contributed by atoms with E-state index in [4.69, 9.17) is 5.11 Å². The van der Waals surface area contributed by atoms with Crippen molar-refractivity contribution in [2.75, 3.05) is 76.7 Å². The Morgan fingerprint density at radius 2 is 1.17 bits per heavy atom. The lowest BCUT2D eigenvalue weighted by Gasteiger charge is -2.09. The van der Waals surface area contributed by atoms with Crippen LogP contribution in [0.1, 0.15) is 32.6 Å². The number of hydrogen-bond acceptors (Lipinski definition) is 14. The number of carbonyl (C=O) groups excluding carboxylic acids is 2. The Labute approximate surface area is 264 Å². The minimum Gasteiger partial charge on any atom is -0.616 e. The molecule has 15 heteroatoms. The molecule has 0 rings (SSSR count). The van der Waals surface area contributed by atoms with E-state index in [-0.39, 0.29) is 11.1 Å². The molecule has 0 aromatic carbocycles. The van der Waals surface area contributed by atoms with E-state index in [1.165, 1.54) is 35.3 Å². The summed E-state index contributed by atoms with van der Waals surface area (Å²) in [5.41, 5.74) is 0. The highest BCUT2D eigenvalue weighted by atomic mass is 32.2. The van der Waals surface area contributed by atoms with Gasteiger partial charge in [-0.2, -0.15) is 35.3 Å². The Balaban J connectivity index is 3.27. The maximum absolute atomic E-state index is 12.0. The van der Waals surface area contributed by atoms with Gasteiger partial charge in [0.15, 0.2) is 10.2 Å². The van der Waals surface area contributed by atoms with Crippen LogP contribution in [0.2, 0.25) is 0 Å². The maximum Gasteiger partial charge on any atom is 0.190 e. The van der Waals surface area contributed by atoms with Crippen molar-refractivity contribution in [3.05, 3.63) is 0 Å². The molecule has 0 radical (unpaired) electrons. The number of carbonyl (C=O) groups is 2. The first-order valence-electron chi connectivity index (χ1n) is 11.5. The van der Waals surface area contributed by atoms with Gasteiger partial charge >= 0.3 is 0 Å². The average molecular weight is 709 g/mol. The van der Waals surface area contributed by atoms with Crippen molar-refractivity contribution < 1.29 is 19.2 Å². The number of unbranched alkanes of at least 4 members (excludes halogenated alkanes) is 1. The monoisotopic (exact) mass is 708 g/mol. The van der Waals surface area contributed by atoms with Gasteiger partial charge in [-0.15, -0.1) is 58.8 Å². The quantitative estimate of drug-likeness (QED) is 0.0498. The van der Waals surface area contributed by atoms with Crippen LogP contribution in [-0.4, -0.2) is 96.6 Å². The largest absolute Gasteiger partial charge is 0.616 e. The summed E-state index contributed by atoms with van der Waals surface area (Å²) in [6, 6.07) is 0. The fraction of sp³-hybridized carbons (Fsp3) is 0.905. The molecule has 0 heterocycles. The van der Waals surface area contributed by atoms with Crippen molar-refractivity contribution in [3.63, 3.8) is 0 Å². The van der Waals surface area contributed by atoms with Gasteiger partial charge in [-0.25, -0.2) is 0 Å². The van der Waals surface area contributed by atoms with E-state index < -0.39 is 11.2 Å². The third kappa shape index (κ3) is 31.6. The zero-order valence-electron chi connectivity index (χ0n) is 20.9. The molecule has 0 saturated carbocycles. The van der Waals surface area contributed by atoms with Crippen molar-refractivity contribution in [1.29, 1.82) is 0 Å². The molecule has 0 aliphatic carbocycles. The van der Waals surface area contributed by atoms with Crippen LogP contribution in [0.25, 0.3) is 0 Å². The van der Waals surface area contributed by atoms with Gasteiger partial charge in [0, 0.05) is 72.1 Å². The molecule has 1 unspecified atom stereocenters. The van der Waals surface area contributed by atoms with Crippen LogP contribution < -0.4 is 0 Å². The summed E-state index contributed by atoms with van der Waals surface area (Å²) in [5, 5.41) is 14.9. The molecule has 0 saturated heterocycles. The van der Waals surface area contributed by atoms with E-state index in [1.54, 1.807) is 23.5 Å². The fourth-order valence-electron chi connectivity index (χ4n) is 2.01. The molecule has 0 aromatic heterocycles. The van der Waals surface area contributed by atoms with Crippen molar-refractivity contribution in [3.8, 4) is 0 Å². The third-order valence-electron chi connectivity index (χ3n) is 3.80. The van der Waals surface area contributed by atoms with Crippen molar-refractivity contribution >= 4 is 139 Å². The van der Waals surface area contributed by atoms with Crippen LogP contribution in [0, 0.1) is 0 Å². The summed E-state index contributed by atoms with van der Waals surface area (Å²) in [4.78, 5) is 23.7. The van der Waals surface area contributed by atoms with Crippen LogP contribution in [0.3, 0.4) is 0 Å². The second-order valence-corrected chi connectivity index (χ2v) is 21.1. The minimum absolute atomic E-state index is 0.138. The van der Waals surface area contributed by atoms with Crippen LogP contribution in [0.15, 0.2) is 0 Å². The first-order chi connectivity index (χ1) is 17.6. The zero-order chi connectivity index (χ0) is 26.5. The Morgan fingerprint density at radius 1 is 0.639 bits per heavy atom. The molecular formula is C21H40O4S11. The average Bonchev–Trinajstić information content (AvgIpc) is 2.87. The predicted molar refractivity (Wildman–Crippen MR) is 189 cm³/mol. The molecule has 36 heavy (non-hydrogen) atoms. The fourth-order valence-corrected chi connectivity index (χ4v) is 14.5. The normalized spacial score (nSPS) is 12.2. The summed E-state index contributed by atoms with van der Waals surface area (Å²) in [7, 11) is 0. The third-order valence-corrected chi connectivity index (χ3v) is 17.1. The standard InChI is InChI=1S/C21H40O4S11/c1-2-3-11-36(25)12-10-29-17-32-16-28-8-9-34-20(23)4-6-26-14-31-15-27-7-5-21(24)35-19-33-18-30-13-22/h22H,2-19H2,1H3. The Bertz CT molecular complexity index is 506. The molecule has 1 atom stereocenters. The second-order valence-electron chi connectivity index (χ2n) is 6.72. The van der Waals surface area contributed by atoms with Crippen LogP contribution in [0.5, 0.6) is 0 Å². The maximum atomic E-state index is 12.0. The molecule has 4 nitrogen and oxygen atoms in total. The zero-order valence-corrected chi connectivity index (χ0v) is 29.9. The number of thioether (sulfide) groups is 10. The lowest BCUT2D eigenvalue weighted by molar-refractivity contribution is -0.111. The molecule has 0 amide bonds. The predicted octanol–water partition coefficient (Wildman–Crippen LogP) is 7.40. The highest BCUT2D eigenvalue weighted by Crippen LogP contribution is 2.23. The summed E-state index contributed by atoms with van der Waals surface area (Å²) in [6.45, 7) is 2.13. The lowest BCUT2D eigenvalue weighted by Crippen LogP contribution is -2.12. The van der Waals surface area contributed by atoms with E-state index >= 15 is 0 Å². The first kappa shape index (κ1) is 39.1. The van der Waals surface area contributed by atoms with Crippen molar-refractivity contribution in [1.82, 2.24) is 0 Å². The van der Waals surface area contributed by atoms with Gasteiger partial charge in [-0.05, 0) is 6.42 Å². The van der Waals surface area contributed by atoms with E-state index in [0.29, 0.717) is 18.0 Å². The van der Waals surface area contributed by atoms with E-state index in [9.17, 15) is 14.1 Å². The number of aliphatic hydroxyl groups excluding tert-OH is 1. The Morgan fingerprint density at radius 3 is 1.78 bits per heavy atom. The first-order valence-corrected chi connectivity index (χ1v) is 24.2. The molecule has 214 valence electrons. The van der Waals surface area contributed by atoms with Crippen LogP contribution >= 0.6 is 118 Å². The highest BCUT2D eigenvalue weighted by Gasteiger charge is 2.06. The molecule has 1 N–H and O–H groups in total. The van der Waals surface area contributed by atoms with Gasteiger partial charge in [0.05, 0.1) is 5.94 Å². The SMILES string of the molecule is CCCC[S+]([O-])CCSCSCSCCSC(=O)CCSCSCSCCC(=O)SCSCSCO. The molecule has 0 fully saturated rings. The van der Waals surface area contributed by atoms with Gasteiger partial charge in [0.25, 0.3) is 0 Å². The van der Waals surface area contributed by atoms with E-state index in [1.807, 2.05) is 58.8 Å². The van der Waals surface area contributed by atoms with Gasteiger partial charge < -0.3 is 9.66 Å². The summed E-state index contributed by atoms with van der Waals surface area (Å²) < 4.78 is 11.7. The van der Waals surface area contributed by atoms with Crippen molar-refractivity contribution in [2.24, 2.45) is 0 Å². The molecule has 0 aliphatic rings. The van der Waals surface area contributed by atoms with Gasteiger partial charge in [-0.1, -0.05) is 48.0 Å². The van der Waals surface area contributed by atoms with E-state index in [2.05, 4.69) is 6.92 Å². The number of hydrogen-bond donors (Lipinski definition) is 1. The summed E-state index contributed by atoms with van der Waals surface area (Å²) in [5.74, 6) is 6.45. The second kappa shape index (κ2) is 32.6. The topological polar surface area (TPSA) is 77.4 Å². The Hall–Kier alpha value is 3.11. The van der Waals surface area contributed by atoms with Crippen molar-refractivity contribution in [2.45, 2.75) is 32.6 Å². The van der Waals surface area contributed by atoms with Gasteiger partial charge in [-0.3, -0.25) is 9.59 Å². The number of rotatable bonds is 28. The molecule has 0 aliphatic heterocycles. The molecule has 0 spiro atoms. The lowest BCUT2D eigenvalue weighted by atomic mass is 10.4. The highest BCUT2D eigenvalue weighted by molar-refractivity contribution is 8.27. The Kier molecular flexibility index (Phi) is 35.4. The molecule has 0 aromatic rings. The van der Waals surface area contributed by atoms with Crippen LogP contribution in [0.4, 0.5) is 0 Å². The van der Waals surface area contributed by atoms with Gasteiger partial charge in [0.1, 0.15) is 11.5 Å².